The molecule has 0 aliphatic rings. The number of halogens is 1. The number of benzene rings is 1. The first kappa shape index (κ1) is 13.0. The van der Waals surface area contributed by atoms with Crippen LogP contribution in [0.4, 0.5) is 0 Å². The van der Waals surface area contributed by atoms with E-state index in [0.29, 0.717) is 6.42 Å². The van der Waals surface area contributed by atoms with Crippen LogP contribution in [0.5, 0.6) is 5.75 Å². The van der Waals surface area contributed by atoms with Crippen LogP contribution in [0.2, 0.25) is 0 Å². The summed E-state index contributed by atoms with van der Waals surface area (Å²) < 4.78 is 5.33. The van der Waals surface area contributed by atoms with E-state index in [1.165, 1.54) is 0 Å². The predicted octanol–water partition coefficient (Wildman–Crippen LogP) is 3.28. The summed E-state index contributed by atoms with van der Waals surface area (Å²) in [5.41, 5.74) is 3.25. The first-order valence-corrected chi connectivity index (χ1v) is 6.86. The molecule has 18 heavy (non-hydrogen) atoms. The van der Waals surface area contributed by atoms with E-state index >= 15 is 0 Å². The van der Waals surface area contributed by atoms with E-state index in [1.54, 1.807) is 7.11 Å². The Morgan fingerprint density at radius 3 is 2.78 bits per heavy atom. The largest absolute Gasteiger partial charge is 0.496 e. The van der Waals surface area contributed by atoms with Crippen molar-refractivity contribution in [3.8, 4) is 5.75 Å². The van der Waals surface area contributed by atoms with Crippen LogP contribution in [0, 0.1) is 6.92 Å². The van der Waals surface area contributed by atoms with Crippen LogP contribution in [0.1, 0.15) is 22.6 Å². The fourth-order valence-electron chi connectivity index (χ4n) is 1.76. The molecule has 0 saturated heterocycles. The summed E-state index contributed by atoms with van der Waals surface area (Å²) in [4.78, 5) is 8.92. The van der Waals surface area contributed by atoms with Crippen LogP contribution in [0.15, 0.2) is 30.5 Å². The number of ether oxygens (including phenoxy) is 1. The molecule has 0 saturated carbocycles. The van der Waals surface area contributed by atoms with E-state index in [2.05, 4.69) is 25.9 Å². The van der Waals surface area contributed by atoms with Crippen LogP contribution < -0.4 is 4.74 Å². The molecule has 0 atom stereocenters. The van der Waals surface area contributed by atoms with Gasteiger partial charge in [0.1, 0.15) is 11.6 Å². The van der Waals surface area contributed by atoms with Gasteiger partial charge in [0.15, 0.2) is 0 Å². The van der Waals surface area contributed by atoms with Crippen LogP contribution in [0.25, 0.3) is 0 Å². The van der Waals surface area contributed by atoms with Crippen molar-refractivity contribution in [2.75, 3.05) is 7.11 Å². The van der Waals surface area contributed by atoms with Gasteiger partial charge in [-0.05, 0) is 18.6 Å². The van der Waals surface area contributed by atoms with E-state index in [9.17, 15) is 0 Å². The maximum Gasteiger partial charge on any atom is 0.133 e. The minimum atomic E-state index is 0.685. The number of alkyl halides is 1. The summed E-state index contributed by atoms with van der Waals surface area (Å²) >= 11 is 3.44. The third-order valence-corrected chi connectivity index (χ3v) is 3.33. The van der Waals surface area contributed by atoms with Crippen molar-refractivity contribution in [2.45, 2.75) is 18.7 Å². The lowest BCUT2D eigenvalue weighted by atomic mass is 10.1. The molecule has 2 rings (SSSR count). The van der Waals surface area contributed by atoms with Crippen molar-refractivity contribution < 1.29 is 4.74 Å². The summed E-state index contributed by atoms with van der Waals surface area (Å²) in [6.07, 6.45) is 2.55. The maximum atomic E-state index is 5.33. The molecule has 94 valence electrons. The zero-order valence-electron chi connectivity index (χ0n) is 10.5. The number of aromatic nitrogens is 2. The highest BCUT2D eigenvalue weighted by atomic mass is 79.9. The normalized spacial score (nSPS) is 10.4. The van der Waals surface area contributed by atoms with Gasteiger partial charge in [0.25, 0.3) is 0 Å². The number of methoxy groups -OCH3 is 1. The summed E-state index contributed by atoms with van der Waals surface area (Å²) in [5, 5.41) is 0.750. The Balaban J connectivity index is 2.28. The second-order valence-electron chi connectivity index (χ2n) is 4.04. The highest BCUT2D eigenvalue weighted by Gasteiger charge is 2.07. The van der Waals surface area contributed by atoms with Gasteiger partial charge in [-0.1, -0.05) is 34.1 Å². The van der Waals surface area contributed by atoms with Crippen LogP contribution in [0.3, 0.4) is 0 Å². The molecule has 1 aromatic carbocycles. The smallest absolute Gasteiger partial charge is 0.133 e. The number of para-hydroxylation sites is 1. The first-order chi connectivity index (χ1) is 8.74. The quantitative estimate of drug-likeness (QED) is 0.813. The Kier molecular flexibility index (Phi) is 4.31. The number of rotatable bonds is 4. The predicted molar refractivity (Wildman–Crippen MR) is 75.2 cm³/mol. The third-order valence-electron chi connectivity index (χ3n) is 2.79. The zero-order chi connectivity index (χ0) is 13.0. The number of aryl methyl sites for hydroxylation is 1. The fraction of sp³-hybridized carbons (Fsp3) is 0.286. The van der Waals surface area contributed by atoms with Gasteiger partial charge in [0, 0.05) is 23.5 Å². The maximum absolute atomic E-state index is 5.33. The standard InChI is InChI=1S/C14H15BrN2O/c1-10-9-16-14(17-12(10)8-15)7-11-5-3-4-6-13(11)18-2/h3-6,9H,7-8H2,1-2H3. The van der Waals surface area contributed by atoms with Gasteiger partial charge in [-0.3, -0.25) is 0 Å². The molecule has 0 aliphatic heterocycles. The highest BCUT2D eigenvalue weighted by Crippen LogP contribution is 2.20. The van der Waals surface area contributed by atoms with Crippen LogP contribution >= 0.6 is 15.9 Å². The molecule has 0 N–H and O–H groups in total. The summed E-state index contributed by atoms with van der Waals surface area (Å²) in [5.74, 6) is 1.70. The molecule has 0 spiro atoms. The average molecular weight is 307 g/mol. The van der Waals surface area contributed by atoms with Crippen molar-refractivity contribution in [3.63, 3.8) is 0 Å². The minimum Gasteiger partial charge on any atom is -0.496 e. The fourth-order valence-corrected chi connectivity index (χ4v) is 2.33. The Morgan fingerprint density at radius 1 is 1.28 bits per heavy atom. The lowest BCUT2D eigenvalue weighted by molar-refractivity contribution is 0.410. The summed E-state index contributed by atoms with van der Waals surface area (Å²) in [6, 6.07) is 7.95. The molecular weight excluding hydrogens is 292 g/mol. The third kappa shape index (κ3) is 2.88. The van der Waals surface area contributed by atoms with Crippen LogP contribution in [-0.4, -0.2) is 17.1 Å². The van der Waals surface area contributed by atoms with Gasteiger partial charge < -0.3 is 4.74 Å². The lowest BCUT2D eigenvalue weighted by Crippen LogP contribution is -2.02. The molecule has 0 unspecified atom stereocenters. The Morgan fingerprint density at radius 2 is 2.06 bits per heavy atom. The molecule has 4 heteroatoms. The van der Waals surface area contributed by atoms with Crippen molar-refractivity contribution in [1.29, 1.82) is 0 Å². The van der Waals surface area contributed by atoms with Crippen molar-refractivity contribution >= 4 is 15.9 Å². The van der Waals surface area contributed by atoms with Gasteiger partial charge in [-0.25, -0.2) is 9.97 Å². The van der Waals surface area contributed by atoms with Gasteiger partial charge in [0.2, 0.25) is 0 Å². The molecule has 0 bridgehead atoms. The molecule has 1 heterocycles. The number of nitrogens with zero attached hydrogens (tertiary/aromatic N) is 2. The second-order valence-corrected chi connectivity index (χ2v) is 4.60. The van der Waals surface area contributed by atoms with Crippen molar-refractivity contribution in [1.82, 2.24) is 9.97 Å². The molecule has 2 aromatic rings. The Hall–Kier alpha value is -1.42. The van der Waals surface area contributed by atoms with Crippen molar-refractivity contribution in [2.24, 2.45) is 0 Å². The molecule has 1 aromatic heterocycles. The van der Waals surface area contributed by atoms with Crippen molar-refractivity contribution in [3.05, 3.63) is 53.1 Å². The molecule has 0 radical (unpaired) electrons. The minimum absolute atomic E-state index is 0.685. The van der Waals surface area contributed by atoms with E-state index in [0.717, 1.165) is 33.7 Å². The van der Waals surface area contributed by atoms with Gasteiger partial charge in [0.05, 0.1) is 12.8 Å². The monoisotopic (exact) mass is 306 g/mol. The molecule has 0 fully saturated rings. The van der Waals surface area contributed by atoms with E-state index in [1.807, 2.05) is 37.4 Å². The highest BCUT2D eigenvalue weighted by molar-refractivity contribution is 9.08. The van der Waals surface area contributed by atoms with E-state index in [-0.39, 0.29) is 0 Å². The Labute approximate surface area is 115 Å². The number of hydrogen-bond acceptors (Lipinski definition) is 3. The second kappa shape index (κ2) is 5.96. The van der Waals surface area contributed by atoms with E-state index < -0.39 is 0 Å². The average Bonchev–Trinajstić information content (AvgIpc) is 2.41. The van der Waals surface area contributed by atoms with Gasteiger partial charge in [-0.15, -0.1) is 0 Å². The Bertz CT molecular complexity index is 543. The molecule has 0 amide bonds. The number of hydrogen-bond donors (Lipinski definition) is 0. The van der Waals surface area contributed by atoms with E-state index in [4.69, 9.17) is 4.74 Å². The molecular formula is C14H15BrN2O. The molecule has 0 aliphatic carbocycles. The van der Waals surface area contributed by atoms with Gasteiger partial charge in [-0.2, -0.15) is 0 Å². The first-order valence-electron chi connectivity index (χ1n) is 5.74. The summed E-state index contributed by atoms with van der Waals surface area (Å²) in [7, 11) is 1.68. The summed E-state index contributed by atoms with van der Waals surface area (Å²) in [6.45, 7) is 2.02. The zero-order valence-corrected chi connectivity index (χ0v) is 12.1. The van der Waals surface area contributed by atoms with Crippen LogP contribution in [-0.2, 0) is 11.8 Å². The SMILES string of the molecule is COc1ccccc1Cc1ncc(C)c(CBr)n1. The lowest BCUT2D eigenvalue weighted by Gasteiger charge is -2.08. The molecule has 3 nitrogen and oxygen atoms in total. The topological polar surface area (TPSA) is 35.0 Å². The van der Waals surface area contributed by atoms with Gasteiger partial charge >= 0.3 is 0 Å².